The van der Waals surface area contributed by atoms with Crippen LogP contribution in [0.3, 0.4) is 0 Å². The van der Waals surface area contributed by atoms with Gasteiger partial charge in [0.05, 0.1) is 17.8 Å². The van der Waals surface area contributed by atoms with Gasteiger partial charge in [-0.25, -0.2) is 9.78 Å². The molecular formula is C18H23N3O3. The predicted molar refractivity (Wildman–Crippen MR) is 94.4 cm³/mol. The van der Waals surface area contributed by atoms with Crippen molar-refractivity contribution in [2.45, 2.75) is 33.1 Å². The molecule has 0 bridgehead atoms. The van der Waals surface area contributed by atoms with E-state index in [0.29, 0.717) is 37.0 Å². The fourth-order valence-electron chi connectivity index (χ4n) is 2.45. The summed E-state index contributed by atoms with van der Waals surface area (Å²) in [6.45, 7) is 7.32. The molecule has 0 aliphatic carbocycles. The summed E-state index contributed by atoms with van der Waals surface area (Å²) in [5, 5.41) is 3.08. The Balaban J connectivity index is 2.12. The standard InChI is InChI=1S/C18H23N3O3/c1-5-14(22)12-8-9-13-17(16(12)19-4)21-15(20-13)7-6-10-24-18(23)11(2)3/h8-9,19H,2,5-7,10H2,1,3-4H3,(H,20,21). The van der Waals surface area contributed by atoms with Crippen molar-refractivity contribution in [3.05, 3.63) is 35.7 Å². The van der Waals surface area contributed by atoms with Gasteiger partial charge in [0.15, 0.2) is 5.78 Å². The Bertz CT molecular complexity index is 777. The Morgan fingerprint density at radius 1 is 1.38 bits per heavy atom. The van der Waals surface area contributed by atoms with Gasteiger partial charge in [0.25, 0.3) is 0 Å². The van der Waals surface area contributed by atoms with E-state index in [4.69, 9.17) is 4.74 Å². The van der Waals surface area contributed by atoms with Crippen molar-refractivity contribution < 1.29 is 14.3 Å². The Labute approximate surface area is 141 Å². The van der Waals surface area contributed by atoms with Gasteiger partial charge < -0.3 is 15.0 Å². The number of aromatic amines is 1. The van der Waals surface area contributed by atoms with Crippen LogP contribution in [0.4, 0.5) is 5.69 Å². The first kappa shape index (κ1) is 17.7. The third-order valence-electron chi connectivity index (χ3n) is 3.71. The lowest BCUT2D eigenvalue weighted by molar-refractivity contribution is -0.139. The number of ether oxygens (including phenoxy) is 1. The van der Waals surface area contributed by atoms with Crippen LogP contribution in [-0.2, 0) is 16.0 Å². The molecule has 1 heterocycles. The Hall–Kier alpha value is -2.63. The number of hydrogen-bond donors (Lipinski definition) is 2. The average molecular weight is 329 g/mol. The average Bonchev–Trinajstić information content (AvgIpc) is 2.99. The highest BCUT2D eigenvalue weighted by atomic mass is 16.5. The molecule has 2 aromatic rings. The topological polar surface area (TPSA) is 84.1 Å². The molecule has 24 heavy (non-hydrogen) atoms. The molecule has 1 aromatic heterocycles. The fraction of sp³-hybridized carbons (Fsp3) is 0.389. The number of carbonyl (C=O) groups is 2. The summed E-state index contributed by atoms with van der Waals surface area (Å²) < 4.78 is 5.07. The van der Waals surface area contributed by atoms with Gasteiger partial charge in [0, 0.05) is 31.0 Å². The van der Waals surface area contributed by atoms with E-state index in [-0.39, 0.29) is 11.8 Å². The highest BCUT2D eigenvalue weighted by Gasteiger charge is 2.15. The van der Waals surface area contributed by atoms with Crippen molar-refractivity contribution in [2.24, 2.45) is 0 Å². The normalized spacial score (nSPS) is 10.6. The van der Waals surface area contributed by atoms with E-state index in [9.17, 15) is 9.59 Å². The fourth-order valence-corrected chi connectivity index (χ4v) is 2.45. The number of anilines is 1. The first-order valence-electron chi connectivity index (χ1n) is 8.03. The zero-order valence-electron chi connectivity index (χ0n) is 14.4. The van der Waals surface area contributed by atoms with E-state index in [0.717, 1.165) is 22.5 Å². The van der Waals surface area contributed by atoms with Gasteiger partial charge in [-0.2, -0.15) is 0 Å². The van der Waals surface area contributed by atoms with Crippen molar-refractivity contribution in [3.63, 3.8) is 0 Å². The van der Waals surface area contributed by atoms with Crippen LogP contribution in [0.1, 0.15) is 42.9 Å². The summed E-state index contributed by atoms with van der Waals surface area (Å²) in [5.74, 6) is 0.506. The number of nitrogens with one attached hydrogen (secondary N) is 2. The molecule has 0 saturated heterocycles. The SMILES string of the molecule is C=C(C)C(=O)OCCCc1nc2c(NC)c(C(=O)CC)ccc2[nH]1. The van der Waals surface area contributed by atoms with E-state index in [2.05, 4.69) is 21.9 Å². The summed E-state index contributed by atoms with van der Waals surface area (Å²) >= 11 is 0. The lowest BCUT2D eigenvalue weighted by atomic mass is 10.1. The number of ketones is 1. The zero-order valence-corrected chi connectivity index (χ0v) is 14.4. The molecule has 2 N–H and O–H groups in total. The molecule has 0 amide bonds. The number of carbonyl (C=O) groups excluding carboxylic acids is 2. The second-order valence-corrected chi connectivity index (χ2v) is 5.61. The quantitative estimate of drug-likeness (QED) is 0.336. The Kier molecular flexibility index (Phi) is 5.73. The summed E-state index contributed by atoms with van der Waals surface area (Å²) in [6.07, 6.45) is 1.76. The number of rotatable bonds is 8. The van der Waals surface area contributed by atoms with Gasteiger partial charge in [0.2, 0.25) is 0 Å². The number of hydrogen-bond acceptors (Lipinski definition) is 5. The number of Topliss-reactive ketones (excluding diaryl/α,β-unsaturated/α-hetero) is 1. The molecule has 6 nitrogen and oxygen atoms in total. The molecule has 0 atom stereocenters. The number of H-pyrrole nitrogens is 1. The summed E-state index contributed by atoms with van der Waals surface area (Å²) in [5.41, 5.74) is 3.42. The molecular weight excluding hydrogens is 306 g/mol. The van der Waals surface area contributed by atoms with Gasteiger partial charge in [-0.15, -0.1) is 0 Å². The number of imidazole rings is 1. The summed E-state index contributed by atoms with van der Waals surface area (Å²) in [6, 6.07) is 3.69. The van der Waals surface area contributed by atoms with Gasteiger partial charge >= 0.3 is 5.97 Å². The van der Waals surface area contributed by atoms with E-state index in [1.165, 1.54) is 0 Å². The molecule has 0 aliphatic heterocycles. The van der Waals surface area contributed by atoms with Gasteiger partial charge in [-0.1, -0.05) is 13.5 Å². The molecule has 0 spiro atoms. The second kappa shape index (κ2) is 7.77. The summed E-state index contributed by atoms with van der Waals surface area (Å²) in [7, 11) is 1.78. The van der Waals surface area contributed by atoms with Crippen LogP contribution in [0.2, 0.25) is 0 Å². The molecule has 1 aromatic carbocycles. The van der Waals surface area contributed by atoms with Crippen molar-refractivity contribution in [2.75, 3.05) is 19.0 Å². The van der Waals surface area contributed by atoms with Crippen LogP contribution >= 0.6 is 0 Å². The Morgan fingerprint density at radius 2 is 2.12 bits per heavy atom. The monoisotopic (exact) mass is 329 g/mol. The zero-order chi connectivity index (χ0) is 17.7. The second-order valence-electron chi connectivity index (χ2n) is 5.61. The van der Waals surface area contributed by atoms with Crippen LogP contribution in [0.15, 0.2) is 24.3 Å². The highest BCUT2D eigenvalue weighted by Crippen LogP contribution is 2.27. The largest absolute Gasteiger partial charge is 0.462 e. The van der Waals surface area contributed by atoms with Crippen molar-refractivity contribution in [1.82, 2.24) is 9.97 Å². The smallest absolute Gasteiger partial charge is 0.333 e. The van der Waals surface area contributed by atoms with E-state index < -0.39 is 0 Å². The molecule has 0 radical (unpaired) electrons. The number of benzene rings is 1. The van der Waals surface area contributed by atoms with Crippen LogP contribution in [0.25, 0.3) is 11.0 Å². The third-order valence-corrected chi connectivity index (χ3v) is 3.71. The first-order chi connectivity index (χ1) is 11.5. The molecule has 0 aliphatic rings. The maximum Gasteiger partial charge on any atom is 0.333 e. The summed E-state index contributed by atoms with van der Waals surface area (Å²) in [4.78, 5) is 31.2. The van der Waals surface area contributed by atoms with E-state index in [1.807, 2.05) is 19.1 Å². The van der Waals surface area contributed by atoms with Crippen LogP contribution in [-0.4, -0.2) is 35.4 Å². The van der Waals surface area contributed by atoms with E-state index in [1.54, 1.807) is 14.0 Å². The maximum atomic E-state index is 12.0. The van der Waals surface area contributed by atoms with Crippen LogP contribution in [0.5, 0.6) is 0 Å². The number of aryl methyl sites for hydroxylation is 1. The van der Waals surface area contributed by atoms with Gasteiger partial charge in [0.1, 0.15) is 11.3 Å². The van der Waals surface area contributed by atoms with Crippen LogP contribution < -0.4 is 5.32 Å². The van der Waals surface area contributed by atoms with Gasteiger partial charge in [-0.05, 0) is 25.5 Å². The van der Waals surface area contributed by atoms with Crippen molar-refractivity contribution in [1.29, 1.82) is 0 Å². The molecule has 0 unspecified atom stereocenters. The number of aromatic nitrogens is 2. The van der Waals surface area contributed by atoms with Crippen LogP contribution in [0, 0.1) is 0 Å². The lowest BCUT2D eigenvalue weighted by Crippen LogP contribution is -2.07. The minimum atomic E-state index is -0.375. The number of esters is 1. The molecule has 0 saturated carbocycles. The maximum absolute atomic E-state index is 12.0. The number of fused-ring (bicyclic) bond motifs is 1. The number of nitrogens with zero attached hydrogens (tertiary/aromatic N) is 1. The molecule has 2 rings (SSSR count). The molecule has 6 heteroatoms. The third kappa shape index (κ3) is 3.82. The lowest BCUT2D eigenvalue weighted by Gasteiger charge is -2.07. The Morgan fingerprint density at radius 3 is 2.75 bits per heavy atom. The molecule has 0 fully saturated rings. The highest BCUT2D eigenvalue weighted by molar-refractivity contribution is 6.07. The van der Waals surface area contributed by atoms with Crippen molar-refractivity contribution >= 4 is 28.5 Å². The molecule has 128 valence electrons. The predicted octanol–water partition coefficient (Wildman–Crippen LogP) is 3.25. The van der Waals surface area contributed by atoms with E-state index >= 15 is 0 Å². The first-order valence-corrected chi connectivity index (χ1v) is 8.03. The van der Waals surface area contributed by atoms with Gasteiger partial charge in [-0.3, -0.25) is 4.79 Å². The minimum Gasteiger partial charge on any atom is -0.462 e. The van der Waals surface area contributed by atoms with Crippen molar-refractivity contribution in [3.8, 4) is 0 Å². The minimum absolute atomic E-state index is 0.0810.